The van der Waals surface area contributed by atoms with E-state index in [2.05, 4.69) is 19.2 Å². The van der Waals surface area contributed by atoms with Gasteiger partial charge >= 0.3 is 12.1 Å². The lowest BCUT2D eigenvalue weighted by molar-refractivity contribution is -0.145. The number of nitrogens with one attached hydrogen (secondary N) is 1. The van der Waals surface area contributed by atoms with Crippen molar-refractivity contribution in [1.29, 1.82) is 0 Å². The lowest BCUT2D eigenvalue weighted by Gasteiger charge is -2.25. The molecule has 1 amide bonds. The number of methoxy groups -OCH3 is 1. The van der Waals surface area contributed by atoms with Crippen LogP contribution in [0.1, 0.15) is 54.4 Å². The van der Waals surface area contributed by atoms with E-state index >= 15 is 0 Å². The average molecular weight is 287 g/mol. The Bertz CT molecular complexity index is 320. The molecule has 0 aliphatic heterocycles. The maximum Gasteiger partial charge on any atom is 0.407 e. The summed E-state index contributed by atoms with van der Waals surface area (Å²) in [6.07, 6.45) is 0.894. The molecule has 0 saturated carbocycles. The number of carbonyl (C=O) groups is 2. The normalized spacial score (nSPS) is 14.6. The Morgan fingerprint density at radius 3 is 2.05 bits per heavy atom. The molecule has 118 valence electrons. The van der Waals surface area contributed by atoms with Crippen LogP contribution in [0.5, 0.6) is 0 Å². The molecule has 5 nitrogen and oxygen atoms in total. The molecule has 0 aromatic rings. The van der Waals surface area contributed by atoms with E-state index < -0.39 is 11.7 Å². The van der Waals surface area contributed by atoms with Crippen LogP contribution >= 0.6 is 0 Å². The lowest BCUT2D eigenvalue weighted by Crippen LogP contribution is -2.41. The van der Waals surface area contributed by atoms with E-state index in [4.69, 9.17) is 9.47 Å². The first-order chi connectivity index (χ1) is 9.05. The standard InChI is InChI=1S/C15H29NO4/c1-10(2)8-12(9-11(3)13(17)19-7)16-14(18)20-15(4,5)6/h10-12H,8-9H2,1-7H3,(H,16,18). The van der Waals surface area contributed by atoms with Crippen molar-refractivity contribution >= 4 is 12.1 Å². The Morgan fingerprint density at radius 2 is 1.65 bits per heavy atom. The van der Waals surface area contributed by atoms with E-state index in [9.17, 15) is 9.59 Å². The van der Waals surface area contributed by atoms with Gasteiger partial charge in [-0.1, -0.05) is 20.8 Å². The number of carbonyl (C=O) groups excluding carboxylic acids is 2. The minimum atomic E-state index is -0.527. The first-order valence-corrected chi connectivity index (χ1v) is 7.12. The number of rotatable bonds is 6. The Balaban J connectivity index is 4.56. The van der Waals surface area contributed by atoms with Crippen LogP contribution in [0.4, 0.5) is 4.79 Å². The number of esters is 1. The molecule has 0 aliphatic carbocycles. The SMILES string of the molecule is COC(=O)C(C)CC(CC(C)C)NC(=O)OC(C)(C)C. The average Bonchev–Trinajstić information content (AvgIpc) is 2.23. The zero-order chi connectivity index (χ0) is 15.9. The van der Waals surface area contributed by atoms with E-state index in [-0.39, 0.29) is 17.9 Å². The summed E-state index contributed by atoms with van der Waals surface area (Å²) in [6.45, 7) is 11.4. The zero-order valence-electron chi connectivity index (χ0n) is 13.8. The van der Waals surface area contributed by atoms with Crippen molar-refractivity contribution in [3.8, 4) is 0 Å². The second-order valence-electron chi connectivity index (χ2n) is 6.63. The monoisotopic (exact) mass is 287 g/mol. The summed E-state index contributed by atoms with van der Waals surface area (Å²) < 4.78 is 9.97. The van der Waals surface area contributed by atoms with Crippen molar-refractivity contribution in [2.45, 2.75) is 66.0 Å². The molecule has 0 radical (unpaired) electrons. The number of hydrogen-bond donors (Lipinski definition) is 1. The number of ether oxygens (including phenoxy) is 2. The summed E-state index contributed by atoms with van der Waals surface area (Å²) in [4.78, 5) is 23.3. The summed E-state index contributed by atoms with van der Waals surface area (Å²) in [6, 6.07) is -0.0982. The highest BCUT2D eigenvalue weighted by Crippen LogP contribution is 2.16. The molecular formula is C15H29NO4. The fourth-order valence-corrected chi connectivity index (χ4v) is 1.98. The van der Waals surface area contributed by atoms with Gasteiger partial charge in [0.25, 0.3) is 0 Å². The van der Waals surface area contributed by atoms with Gasteiger partial charge in [-0.3, -0.25) is 4.79 Å². The molecule has 0 saturated heterocycles. The second-order valence-corrected chi connectivity index (χ2v) is 6.63. The molecule has 2 atom stereocenters. The summed E-state index contributed by atoms with van der Waals surface area (Å²) >= 11 is 0. The number of amides is 1. The van der Waals surface area contributed by atoms with Crippen LogP contribution in [0.25, 0.3) is 0 Å². The van der Waals surface area contributed by atoms with Crippen molar-refractivity contribution in [1.82, 2.24) is 5.32 Å². The van der Waals surface area contributed by atoms with Gasteiger partial charge in [0, 0.05) is 6.04 Å². The Labute approximate surface area is 122 Å². The van der Waals surface area contributed by atoms with Crippen LogP contribution in [-0.2, 0) is 14.3 Å². The molecule has 5 heteroatoms. The van der Waals surface area contributed by atoms with E-state index in [1.807, 2.05) is 20.8 Å². The third-order valence-electron chi connectivity index (χ3n) is 2.72. The molecule has 0 heterocycles. The van der Waals surface area contributed by atoms with Crippen molar-refractivity contribution in [3.05, 3.63) is 0 Å². The molecular weight excluding hydrogens is 258 g/mol. The van der Waals surface area contributed by atoms with Gasteiger partial charge in [0.15, 0.2) is 0 Å². The lowest BCUT2D eigenvalue weighted by atomic mass is 9.95. The van der Waals surface area contributed by atoms with Gasteiger partial charge in [-0.15, -0.1) is 0 Å². The molecule has 2 unspecified atom stereocenters. The van der Waals surface area contributed by atoms with Crippen LogP contribution in [0.3, 0.4) is 0 Å². The van der Waals surface area contributed by atoms with E-state index in [0.717, 1.165) is 6.42 Å². The van der Waals surface area contributed by atoms with Gasteiger partial charge in [-0.25, -0.2) is 4.79 Å². The van der Waals surface area contributed by atoms with Crippen LogP contribution in [0.15, 0.2) is 0 Å². The van der Waals surface area contributed by atoms with Crippen LogP contribution < -0.4 is 5.32 Å². The second kappa shape index (κ2) is 8.12. The molecule has 0 rings (SSSR count). The maximum atomic E-state index is 11.8. The predicted octanol–water partition coefficient (Wildman–Crippen LogP) is 3.13. The quantitative estimate of drug-likeness (QED) is 0.762. The highest BCUT2D eigenvalue weighted by molar-refractivity contribution is 5.72. The third kappa shape index (κ3) is 8.77. The molecule has 0 bridgehead atoms. The van der Waals surface area contributed by atoms with Crippen molar-refractivity contribution in [2.75, 3.05) is 7.11 Å². The largest absolute Gasteiger partial charge is 0.469 e. The van der Waals surface area contributed by atoms with Crippen molar-refractivity contribution in [3.63, 3.8) is 0 Å². The first-order valence-electron chi connectivity index (χ1n) is 7.12. The van der Waals surface area contributed by atoms with E-state index in [1.165, 1.54) is 7.11 Å². The molecule has 0 aromatic heterocycles. The predicted molar refractivity (Wildman–Crippen MR) is 78.4 cm³/mol. The minimum absolute atomic E-state index is 0.0982. The van der Waals surface area contributed by atoms with Gasteiger partial charge in [-0.05, 0) is 39.5 Å². The van der Waals surface area contributed by atoms with Gasteiger partial charge in [0.05, 0.1) is 13.0 Å². The smallest absolute Gasteiger partial charge is 0.407 e. The number of alkyl carbamates (subject to hydrolysis) is 1. The maximum absolute atomic E-state index is 11.8. The fourth-order valence-electron chi connectivity index (χ4n) is 1.98. The molecule has 1 N–H and O–H groups in total. The van der Waals surface area contributed by atoms with E-state index in [0.29, 0.717) is 12.3 Å². The minimum Gasteiger partial charge on any atom is -0.469 e. The molecule has 20 heavy (non-hydrogen) atoms. The number of hydrogen-bond acceptors (Lipinski definition) is 4. The Kier molecular flexibility index (Phi) is 7.61. The van der Waals surface area contributed by atoms with Crippen LogP contribution in [0.2, 0.25) is 0 Å². The van der Waals surface area contributed by atoms with Crippen LogP contribution in [0, 0.1) is 11.8 Å². The van der Waals surface area contributed by atoms with Crippen LogP contribution in [-0.4, -0.2) is 30.8 Å². The van der Waals surface area contributed by atoms with Crippen molar-refractivity contribution in [2.24, 2.45) is 11.8 Å². The molecule has 0 aliphatic rings. The summed E-state index contributed by atoms with van der Waals surface area (Å²) in [5.74, 6) is -0.0942. The summed E-state index contributed by atoms with van der Waals surface area (Å²) in [5, 5.41) is 2.85. The van der Waals surface area contributed by atoms with Gasteiger partial charge in [-0.2, -0.15) is 0 Å². The fraction of sp³-hybridized carbons (Fsp3) is 0.867. The zero-order valence-corrected chi connectivity index (χ0v) is 13.8. The summed E-state index contributed by atoms with van der Waals surface area (Å²) in [5.41, 5.74) is -0.527. The molecule has 0 aromatic carbocycles. The molecule has 0 fully saturated rings. The summed E-state index contributed by atoms with van der Waals surface area (Å²) in [7, 11) is 1.37. The van der Waals surface area contributed by atoms with Gasteiger partial charge in [0.2, 0.25) is 0 Å². The van der Waals surface area contributed by atoms with Crippen molar-refractivity contribution < 1.29 is 19.1 Å². The van der Waals surface area contributed by atoms with E-state index in [1.54, 1.807) is 6.92 Å². The Hall–Kier alpha value is -1.26. The highest BCUT2D eigenvalue weighted by atomic mass is 16.6. The first kappa shape index (κ1) is 18.7. The topological polar surface area (TPSA) is 64.6 Å². The Morgan fingerprint density at radius 1 is 1.10 bits per heavy atom. The third-order valence-corrected chi connectivity index (χ3v) is 2.72. The highest BCUT2D eigenvalue weighted by Gasteiger charge is 2.24. The van der Waals surface area contributed by atoms with Gasteiger partial charge < -0.3 is 14.8 Å². The van der Waals surface area contributed by atoms with Gasteiger partial charge in [0.1, 0.15) is 5.60 Å². The molecule has 0 spiro atoms.